The molecular formula is C16H26O2. The highest BCUT2D eigenvalue weighted by Crippen LogP contribution is 2.07. The van der Waals surface area contributed by atoms with Crippen molar-refractivity contribution >= 4 is 5.97 Å². The fourth-order valence-electron chi connectivity index (χ4n) is 1.59. The quantitative estimate of drug-likeness (QED) is 0.419. The van der Waals surface area contributed by atoms with Crippen LogP contribution in [-0.2, 0) is 4.79 Å². The van der Waals surface area contributed by atoms with E-state index in [1.54, 1.807) is 12.2 Å². The maximum absolute atomic E-state index is 10.2. The van der Waals surface area contributed by atoms with E-state index in [1.165, 1.54) is 38.5 Å². The summed E-state index contributed by atoms with van der Waals surface area (Å²) >= 11 is 0. The van der Waals surface area contributed by atoms with E-state index in [0.717, 1.165) is 6.42 Å². The van der Waals surface area contributed by atoms with Crippen molar-refractivity contribution in [1.82, 2.24) is 0 Å². The molecule has 0 saturated heterocycles. The minimum absolute atomic E-state index is 0.0891. The molecule has 0 aromatic carbocycles. The van der Waals surface area contributed by atoms with Gasteiger partial charge in [-0.15, -0.1) is 0 Å². The van der Waals surface area contributed by atoms with E-state index in [-0.39, 0.29) is 6.42 Å². The lowest BCUT2D eigenvalue weighted by molar-refractivity contribution is -0.135. The average Bonchev–Trinajstić information content (AvgIpc) is 2.34. The van der Waals surface area contributed by atoms with Crippen molar-refractivity contribution in [3.63, 3.8) is 0 Å². The van der Waals surface area contributed by atoms with E-state index in [9.17, 15) is 4.79 Å². The number of hydrogen-bond acceptors (Lipinski definition) is 1. The molecule has 0 spiro atoms. The molecule has 0 aromatic rings. The number of rotatable bonds is 11. The zero-order valence-electron chi connectivity index (χ0n) is 11.5. The standard InChI is InChI=1S/C16H26O2/c1-2-3-4-5-6-7-8-9-10-11-12-13-14-15-16(17)18/h9-14H,2-8,15H2,1H3,(H,17,18)/b10-9+,12-11+,14-13+. The van der Waals surface area contributed by atoms with Crippen molar-refractivity contribution in [2.45, 2.75) is 58.3 Å². The molecule has 0 aliphatic rings. The van der Waals surface area contributed by atoms with Crippen molar-refractivity contribution in [3.05, 3.63) is 36.5 Å². The van der Waals surface area contributed by atoms with Gasteiger partial charge in [0.05, 0.1) is 6.42 Å². The number of carbonyl (C=O) groups is 1. The first-order valence-corrected chi connectivity index (χ1v) is 6.97. The summed E-state index contributed by atoms with van der Waals surface area (Å²) in [5.41, 5.74) is 0. The van der Waals surface area contributed by atoms with Gasteiger partial charge >= 0.3 is 5.97 Å². The van der Waals surface area contributed by atoms with Crippen LogP contribution in [0.15, 0.2) is 36.5 Å². The number of carboxylic acid groups (broad SMARTS) is 1. The SMILES string of the molecule is CCCCCCCC/C=C/C=C/C=C/CC(=O)O. The fraction of sp³-hybridized carbons (Fsp3) is 0.562. The van der Waals surface area contributed by atoms with Crippen LogP contribution in [0.3, 0.4) is 0 Å². The lowest BCUT2D eigenvalue weighted by atomic mass is 10.1. The van der Waals surface area contributed by atoms with Gasteiger partial charge in [0.2, 0.25) is 0 Å². The second-order valence-electron chi connectivity index (χ2n) is 4.40. The van der Waals surface area contributed by atoms with Gasteiger partial charge in [-0.25, -0.2) is 0 Å². The Labute approximate surface area is 111 Å². The first-order valence-electron chi connectivity index (χ1n) is 6.97. The number of aliphatic carboxylic acids is 1. The monoisotopic (exact) mass is 250 g/mol. The van der Waals surface area contributed by atoms with Gasteiger partial charge in [0.15, 0.2) is 0 Å². The lowest BCUT2D eigenvalue weighted by Gasteiger charge is -1.97. The van der Waals surface area contributed by atoms with Crippen LogP contribution in [0.4, 0.5) is 0 Å². The van der Waals surface area contributed by atoms with Gasteiger partial charge < -0.3 is 5.11 Å². The van der Waals surface area contributed by atoms with Gasteiger partial charge in [-0.3, -0.25) is 4.79 Å². The lowest BCUT2D eigenvalue weighted by Crippen LogP contribution is -1.89. The Morgan fingerprint density at radius 1 is 0.889 bits per heavy atom. The molecule has 102 valence electrons. The Morgan fingerprint density at radius 2 is 1.50 bits per heavy atom. The minimum Gasteiger partial charge on any atom is -0.481 e. The molecule has 0 unspecified atom stereocenters. The highest BCUT2D eigenvalue weighted by molar-refractivity contribution is 5.68. The molecule has 0 bridgehead atoms. The summed E-state index contributed by atoms with van der Waals surface area (Å²) < 4.78 is 0. The number of unbranched alkanes of at least 4 members (excludes halogenated alkanes) is 6. The van der Waals surface area contributed by atoms with E-state index >= 15 is 0 Å². The molecule has 0 heterocycles. The van der Waals surface area contributed by atoms with Crippen molar-refractivity contribution in [2.24, 2.45) is 0 Å². The second-order valence-corrected chi connectivity index (χ2v) is 4.40. The van der Waals surface area contributed by atoms with Crippen LogP contribution in [0.5, 0.6) is 0 Å². The highest BCUT2D eigenvalue weighted by Gasteiger charge is 1.87. The normalized spacial score (nSPS) is 12.1. The van der Waals surface area contributed by atoms with Crippen molar-refractivity contribution in [3.8, 4) is 0 Å². The van der Waals surface area contributed by atoms with E-state index in [0.29, 0.717) is 0 Å². The van der Waals surface area contributed by atoms with Crippen LogP contribution in [0.25, 0.3) is 0 Å². The molecule has 0 rings (SSSR count). The molecule has 0 aromatic heterocycles. The molecule has 2 heteroatoms. The zero-order chi connectivity index (χ0) is 13.5. The number of hydrogen-bond donors (Lipinski definition) is 1. The van der Waals surface area contributed by atoms with Gasteiger partial charge in [0.25, 0.3) is 0 Å². The van der Waals surface area contributed by atoms with Crippen LogP contribution in [-0.4, -0.2) is 11.1 Å². The third kappa shape index (κ3) is 14.7. The summed E-state index contributed by atoms with van der Waals surface area (Å²) in [4.78, 5) is 10.2. The van der Waals surface area contributed by atoms with Crippen LogP contribution in [0.2, 0.25) is 0 Å². The van der Waals surface area contributed by atoms with Crippen LogP contribution >= 0.6 is 0 Å². The molecule has 0 saturated carbocycles. The van der Waals surface area contributed by atoms with Gasteiger partial charge in [-0.1, -0.05) is 75.5 Å². The maximum Gasteiger partial charge on any atom is 0.307 e. The van der Waals surface area contributed by atoms with Crippen molar-refractivity contribution < 1.29 is 9.90 Å². The molecule has 18 heavy (non-hydrogen) atoms. The van der Waals surface area contributed by atoms with Gasteiger partial charge in [0, 0.05) is 0 Å². The molecule has 2 nitrogen and oxygen atoms in total. The number of carboxylic acids is 1. The Bertz CT molecular complexity index is 275. The highest BCUT2D eigenvalue weighted by atomic mass is 16.4. The molecule has 0 aliphatic heterocycles. The van der Waals surface area contributed by atoms with Crippen LogP contribution in [0.1, 0.15) is 58.3 Å². The van der Waals surface area contributed by atoms with E-state index in [2.05, 4.69) is 13.0 Å². The molecule has 0 amide bonds. The molecule has 0 fully saturated rings. The Hall–Kier alpha value is -1.31. The second kappa shape index (κ2) is 13.8. The summed E-state index contributed by atoms with van der Waals surface area (Å²) in [6, 6.07) is 0. The van der Waals surface area contributed by atoms with E-state index in [1.807, 2.05) is 18.2 Å². The third-order valence-electron chi connectivity index (χ3n) is 2.62. The van der Waals surface area contributed by atoms with Crippen LogP contribution < -0.4 is 0 Å². The van der Waals surface area contributed by atoms with Gasteiger partial charge in [0.1, 0.15) is 0 Å². The summed E-state index contributed by atoms with van der Waals surface area (Å²) in [7, 11) is 0. The first-order chi connectivity index (χ1) is 8.77. The average molecular weight is 250 g/mol. The van der Waals surface area contributed by atoms with Gasteiger partial charge in [-0.05, 0) is 12.8 Å². The molecular weight excluding hydrogens is 224 g/mol. The fourth-order valence-corrected chi connectivity index (χ4v) is 1.59. The van der Waals surface area contributed by atoms with E-state index in [4.69, 9.17) is 5.11 Å². The Morgan fingerprint density at radius 3 is 2.17 bits per heavy atom. The smallest absolute Gasteiger partial charge is 0.307 e. The Kier molecular flexibility index (Phi) is 12.8. The van der Waals surface area contributed by atoms with E-state index < -0.39 is 5.97 Å². The predicted molar refractivity (Wildman–Crippen MR) is 77.7 cm³/mol. The minimum atomic E-state index is -0.793. The van der Waals surface area contributed by atoms with Gasteiger partial charge in [-0.2, -0.15) is 0 Å². The third-order valence-corrected chi connectivity index (χ3v) is 2.62. The summed E-state index contributed by atoms with van der Waals surface area (Å²) in [5.74, 6) is -0.793. The summed E-state index contributed by atoms with van der Waals surface area (Å²) in [6.45, 7) is 2.24. The maximum atomic E-state index is 10.2. The predicted octanol–water partition coefficient (Wildman–Crippen LogP) is 4.88. The van der Waals surface area contributed by atoms with Crippen molar-refractivity contribution in [2.75, 3.05) is 0 Å². The molecule has 0 radical (unpaired) electrons. The van der Waals surface area contributed by atoms with Crippen LogP contribution in [0, 0.1) is 0 Å². The molecule has 0 atom stereocenters. The molecule has 0 aliphatic carbocycles. The molecule has 1 N–H and O–H groups in total. The zero-order valence-corrected chi connectivity index (χ0v) is 11.5. The largest absolute Gasteiger partial charge is 0.481 e. The first kappa shape index (κ1) is 16.7. The topological polar surface area (TPSA) is 37.3 Å². The van der Waals surface area contributed by atoms with Crippen molar-refractivity contribution in [1.29, 1.82) is 0 Å². The summed E-state index contributed by atoms with van der Waals surface area (Å²) in [5, 5.41) is 8.40. The number of allylic oxidation sites excluding steroid dienone is 5. The summed E-state index contributed by atoms with van der Waals surface area (Å²) in [6.07, 6.45) is 20.6. The Balaban J connectivity index is 3.34.